The van der Waals surface area contributed by atoms with Crippen LogP contribution in [-0.4, -0.2) is 9.59 Å². The van der Waals surface area contributed by atoms with Gasteiger partial charge in [-0.15, -0.1) is 16.9 Å². The second-order valence-corrected chi connectivity index (χ2v) is 4.61. The van der Waals surface area contributed by atoms with E-state index in [0.29, 0.717) is 21.3 Å². The number of nitrogens with two attached hydrogens (primary N) is 1. The Labute approximate surface area is 94.7 Å². The molecule has 2 N–H and O–H groups in total. The molecular weight excluding hydrogens is 233 g/mol. The van der Waals surface area contributed by atoms with E-state index in [1.807, 2.05) is 0 Å². The van der Waals surface area contributed by atoms with E-state index in [1.54, 1.807) is 18.2 Å². The number of nitrogens with zero attached hydrogens (tertiary/aromatic N) is 2. The van der Waals surface area contributed by atoms with Gasteiger partial charge in [0.15, 0.2) is 0 Å². The van der Waals surface area contributed by atoms with Crippen LogP contribution in [0.4, 0.5) is 9.39 Å². The van der Waals surface area contributed by atoms with E-state index in [4.69, 9.17) is 5.73 Å². The summed E-state index contributed by atoms with van der Waals surface area (Å²) in [5, 5.41) is 4.46. The van der Waals surface area contributed by atoms with Crippen molar-refractivity contribution in [3.63, 3.8) is 0 Å². The molecule has 0 unspecified atom stereocenters. The summed E-state index contributed by atoms with van der Waals surface area (Å²) < 4.78 is 16.9. The number of nitrogen functional groups attached to an aromatic ring is 1. The number of thioether (sulfide) groups is 1. The van der Waals surface area contributed by atoms with Crippen LogP contribution in [0.2, 0.25) is 0 Å². The molecule has 6 heteroatoms. The van der Waals surface area contributed by atoms with Gasteiger partial charge in [-0.1, -0.05) is 16.6 Å². The molecule has 78 valence electrons. The van der Waals surface area contributed by atoms with E-state index in [-0.39, 0.29) is 5.82 Å². The number of anilines is 1. The van der Waals surface area contributed by atoms with Crippen LogP contribution in [0.15, 0.2) is 29.2 Å². The summed E-state index contributed by atoms with van der Waals surface area (Å²) in [6, 6.07) is 6.63. The first-order valence-corrected chi connectivity index (χ1v) is 5.97. The van der Waals surface area contributed by atoms with Gasteiger partial charge in [-0.2, -0.15) is 0 Å². The Balaban J connectivity index is 2.06. The lowest BCUT2D eigenvalue weighted by Crippen LogP contribution is -1.89. The number of hydrogen-bond acceptors (Lipinski definition) is 5. The van der Waals surface area contributed by atoms with E-state index < -0.39 is 0 Å². The van der Waals surface area contributed by atoms with Crippen molar-refractivity contribution in [3.05, 3.63) is 35.8 Å². The molecular formula is C9H8FN3S2. The molecule has 0 saturated heterocycles. The highest BCUT2D eigenvalue weighted by molar-refractivity contribution is 7.98. The Morgan fingerprint density at radius 2 is 2.20 bits per heavy atom. The third-order valence-electron chi connectivity index (χ3n) is 1.79. The molecule has 2 aromatic rings. The van der Waals surface area contributed by atoms with Crippen LogP contribution >= 0.6 is 23.3 Å². The molecule has 0 amide bonds. The first-order chi connectivity index (χ1) is 7.27. The smallest absolute Gasteiger partial charge is 0.136 e. The second kappa shape index (κ2) is 4.59. The molecule has 1 aromatic heterocycles. The molecule has 0 aliphatic rings. The monoisotopic (exact) mass is 241 g/mol. The third-order valence-corrected chi connectivity index (χ3v) is 3.44. The van der Waals surface area contributed by atoms with Crippen molar-refractivity contribution in [1.82, 2.24) is 9.59 Å². The Morgan fingerprint density at radius 3 is 2.87 bits per heavy atom. The van der Waals surface area contributed by atoms with Crippen molar-refractivity contribution in [2.45, 2.75) is 10.6 Å². The zero-order chi connectivity index (χ0) is 10.7. The van der Waals surface area contributed by atoms with Crippen molar-refractivity contribution in [3.8, 4) is 0 Å². The average Bonchev–Trinajstić information content (AvgIpc) is 2.63. The van der Waals surface area contributed by atoms with Crippen molar-refractivity contribution in [2.24, 2.45) is 0 Å². The molecule has 0 aliphatic heterocycles. The normalized spacial score (nSPS) is 10.5. The van der Waals surface area contributed by atoms with Gasteiger partial charge in [0.05, 0.1) is 0 Å². The standard InChI is InChI=1S/C9H8FN3S2/c10-6-3-1-2-4-8(6)14-5-7-9(11)15-13-12-7/h1-4H,5,11H2. The van der Waals surface area contributed by atoms with E-state index in [2.05, 4.69) is 9.59 Å². The lowest BCUT2D eigenvalue weighted by Gasteiger charge is -2.00. The van der Waals surface area contributed by atoms with Crippen molar-refractivity contribution >= 4 is 28.3 Å². The van der Waals surface area contributed by atoms with Gasteiger partial charge in [0.1, 0.15) is 16.5 Å². The predicted molar refractivity (Wildman–Crippen MR) is 60.3 cm³/mol. The molecule has 0 spiro atoms. The molecule has 0 bridgehead atoms. The summed E-state index contributed by atoms with van der Waals surface area (Å²) in [5.74, 6) is 0.327. The van der Waals surface area contributed by atoms with Gasteiger partial charge in [-0.3, -0.25) is 0 Å². The van der Waals surface area contributed by atoms with Crippen LogP contribution in [0.1, 0.15) is 5.69 Å². The number of benzene rings is 1. The first kappa shape index (κ1) is 10.4. The molecule has 2 rings (SSSR count). The minimum Gasteiger partial charge on any atom is -0.388 e. The lowest BCUT2D eigenvalue weighted by atomic mass is 10.3. The first-order valence-electron chi connectivity index (χ1n) is 4.21. The summed E-state index contributed by atoms with van der Waals surface area (Å²) in [6.07, 6.45) is 0. The molecule has 1 aromatic carbocycles. The molecule has 0 radical (unpaired) electrons. The Kier molecular flexibility index (Phi) is 3.17. The molecule has 15 heavy (non-hydrogen) atoms. The second-order valence-electron chi connectivity index (χ2n) is 2.80. The number of aromatic nitrogens is 2. The molecule has 0 atom stereocenters. The maximum Gasteiger partial charge on any atom is 0.136 e. The maximum absolute atomic E-state index is 13.2. The van der Waals surface area contributed by atoms with Crippen LogP contribution in [0.5, 0.6) is 0 Å². The van der Waals surface area contributed by atoms with Gasteiger partial charge in [0, 0.05) is 22.2 Å². The number of rotatable bonds is 3. The summed E-state index contributed by atoms with van der Waals surface area (Å²) in [5.41, 5.74) is 6.35. The molecule has 1 heterocycles. The van der Waals surface area contributed by atoms with E-state index in [1.165, 1.54) is 17.8 Å². The summed E-state index contributed by atoms with van der Waals surface area (Å²) in [4.78, 5) is 0.602. The summed E-state index contributed by atoms with van der Waals surface area (Å²) in [7, 11) is 0. The average molecular weight is 241 g/mol. The fraction of sp³-hybridized carbons (Fsp3) is 0.111. The third kappa shape index (κ3) is 2.45. The molecule has 0 aliphatic carbocycles. The van der Waals surface area contributed by atoms with E-state index >= 15 is 0 Å². The van der Waals surface area contributed by atoms with Gasteiger partial charge >= 0.3 is 0 Å². The lowest BCUT2D eigenvalue weighted by molar-refractivity contribution is 0.602. The maximum atomic E-state index is 13.2. The Morgan fingerprint density at radius 1 is 1.40 bits per heavy atom. The summed E-state index contributed by atoms with van der Waals surface area (Å²) >= 11 is 2.52. The molecule has 3 nitrogen and oxygen atoms in total. The van der Waals surface area contributed by atoms with Gasteiger partial charge in [-0.25, -0.2) is 4.39 Å². The number of halogens is 1. The minimum atomic E-state index is -0.218. The van der Waals surface area contributed by atoms with Gasteiger partial charge in [0.2, 0.25) is 0 Å². The van der Waals surface area contributed by atoms with E-state index in [9.17, 15) is 4.39 Å². The van der Waals surface area contributed by atoms with Gasteiger partial charge < -0.3 is 5.73 Å². The van der Waals surface area contributed by atoms with Crippen LogP contribution in [0, 0.1) is 5.82 Å². The van der Waals surface area contributed by atoms with Crippen molar-refractivity contribution in [1.29, 1.82) is 0 Å². The van der Waals surface area contributed by atoms with Crippen LogP contribution in [-0.2, 0) is 5.75 Å². The van der Waals surface area contributed by atoms with Crippen molar-refractivity contribution in [2.75, 3.05) is 5.73 Å². The van der Waals surface area contributed by atoms with Crippen LogP contribution in [0.25, 0.3) is 0 Å². The van der Waals surface area contributed by atoms with Crippen LogP contribution in [0.3, 0.4) is 0 Å². The molecule has 0 saturated carbocycles. The minimum absolute atomic E-state index is 0.218. The Hall–Kier alpha value is -1.14. The fourth-order valence-corrected chi connectivity index (χ4v) is 2.45. The predicted octanol–water partition coefficient (Wildman–Crippen LogP) is 2.55. The van der Waals surface area contributed by atoms with Crippen LogP contribution < -0.4 is 5.73 Å². The highest BCUT2D eigenvalue weighted by atomic mass is 32.2. The number of hydrogen-bond donors (Lipinski definition) is 1. The largest absolute Gasteiger partial charge is 0.388 e. The highest BCUT2D eigenvalue weighted by Gasteiger charge is 2.06. The summed E-state index contributed by atoms with van der Waals surface area (Å²) in [6.45, 7) is 0. The Bertz CT molecular complexity index is 458. The topological polar surface area (TPSA) is 51.8 Å². The zero-order valence-corrected chi connectivity index (χ0v) is 9.32. The molecule has 0 fully saturated rings. The quantitative estimate of drug-likeness (QED) is 0.839. The highest BCUT2D eigenvalue weighted by Crippen LogP contribution is 2.27. The fourth-order valence-electron chi connectivity index (χ4n) is 1.02. The van der Waals surface area contributed by atoms with Gasteiger partial charge in [0.25, 0.3) is 0 Å². The SMILES string of the molecule is Nc1snnc1CSc1ccccc1F. The van der Waals surface area contributed by atoms with Gasteiger partial charge in [-0.05, 0) is 12.1 Å². The van der Waals surface area contributed by atoms with E-state index in [0.717, 1.165) is 11.5 Å². The van der Waals surface area contributed by atoms with Crippen molar-refractivity contribution < 1.29 is 4.39 Å². The zero-order valence-electron chi connectivity index (χ0n) is 7.68.